The number of pyridine rings is 2. The van der Waals surface area contributed by atoms with Gasteiger partial charge in [0.15, 0.2) is 0 Å². The second kappa shape index (κ2) is 7.72. The van der Waals surface area contributed by atoms with Gasteiger partial charge in [-0.1, -0.05) is 12.1 Å². The average Bonchev–Trinajstić information content (AvgIpc) is 2.64. The molecule has 0 spiro atoms. The summed E-state index contributed by atoms with van der Waals surface area (Å²) in [6.07, 6.45) is 5.57. The van der Waals surface area contributed by atoms with E-state index >= 15 is 0 Å². The van der Waals surface area contributed by atoms with Gasteiger partial charge in [-0.3, -0.25) is 9.78 Å². The van der Waals surface area contributed by atoms with E-state index in [1.54, 1.807) is 25.5 Å². The van der Waals surface area contributed by atoms with Gasteiger partial charge in [-0.15, -0.1) is 0 Å². The van der Waals surface area contributed by atoms with Crippen LogP contribution in [0.4, 0.5) is 0 Å². The highest BCUT2D eigenvalue weighted by molar-refractivity contribution is 5.85. The fourth-order valence-electron chi connectivity index (χ4n) is 2.46. The van der Waals surface area contributed by atoms with Gasteiger partial charge in [-0.05, 0) is 48.6 Å². The minimum Gasteiger partial charge on any atom is -0.465 e. The third-order valence-corrected chi connectivity index (χ3v) is 3.71. The molecule has 0 bridgehead atoms. The first-order chi connectivity index (χ1) is 12.2. The second-order valence-corrected chi connectivity index (χ2v) is 5.52. The van der Waals surface area contributed by atoms with Crippen molar-refractivity contribution in [3.8, 4) is 11.6 Å². The zero-order valence-electron chi connectivity index (χ0n) is 13.9. The van der Waals surface area contributed by atoms with Crippen molar-refractivity contribution in [1.29, 1.82) is 0 Å². The van der Waals surface area contributed by atoms with Crippen LogP contribution < -0.4 is 10.5 Å². The maximum absolute atomic E-state index is 11.6. The summed E-state index contributed by atoms with van der Waals surface area (Å²) in [5, 5.41) is 1.86. The second-order valence-electron chi connectivity index (χ2n) is 5.52. The summed E-state index contributed by atoms with van der Waals surface area (Å²) in [4.78, 5) is 20.0. The number of hydrogen-bond acceptors (Lipinski definition) is 6. The summed E-state index contributed by atoms with van der Waals surface area (Å²) in [6.45, 7) is 2.08. The van der Waals surface area contributed by atoms with Gasteiger partial charge >= 0.3 is 5.97 Å². The Morgan fingerprint density at radius 1 is 1.16 bits per heavy atom. The molecule has 0 fully saturated rings. The predicted molar refractivity (Wildman–Crippen MR) is 94.4 cm³/mol. The Kier molecular flexibility index (Phi) is 5.20. The summed E-state index contributed by atoms with van der Waals surface area (Å²) in [7, 11) is 0. The lowest BCUT2D eigenvalue weighted by Crippen LogP contribution is -2.34. The molecule has 128 valence electrons. The Bertz CT molecular complexity index is 860. The molecule has 3 rings (SSSR count). The van der Waals surface area contributed by atoms with E-state index < -0.39 is 12.0 Å². The molecule has 6 heteroatoms. The molecule has 3 aromatic rings. The van der Waals surface area contributed by atoms with Crippen LogP contribution in [0.5, 0.6) is 11.6 Å². The number of carbonyl (C=O) groups is 1. The number of esters is 1. The van der Waals surface area contributed by atoms with E-state index in [0.29, 0.717) is 24.7 Å². The van der Waals surface area contributed by atoms with E-state index in [1.807, 2.05) is 36.4 Å². The standard InChI is InChI=1S/C19H19N3O3/c1-2-24-19(23)17(20)11-13-3-5-15(6-4-13)25-18-16-12-21-9-7-14(16)8-10-22-18/h3-10,12,17H,2,11,20H2,1H3/t17-/m0/s1. The van der Waals surface area contributed by atoms with Crippen LogP contribution in [0.15, 0.2) is 55.0 Å². The van der Waals surface area contributed by atoms with Crippen LogP contribution in [0.1, 0.15) is 12.5 Å². The van der Waals surface area contributed by atoms with Crippen molar-refractivity contribution in [2.24, 2.45) is 5.73 Å². The van der Waals surface area contributed by atoms with Gasteiger partial charge < -0.3 is 15.2 Å². The predicted octanol–water partition coefficient (Wildman–Crippen LogP) is 2.86. The van der Waals surface area contributed by atoms with Crippen molar-refractivity contribution in [1.82, 2.24) is 9.97 Å². The lowest BCUT2D eigenvalue weighted by atomic mass is 10.1. The summed E-state index contributed by atoms with van der Waals surface area (Å²) in [6, 6.07) is 10.5. The first-order valence-electron chi connectivity index (χ1n) is 8.05. The Morgan fingerprint density at radius 3 is 2.68 bits per heavy atom. The highest BCUT2D eigenvalue weighted by Crippen LogP contribution is 2.27. The van der Waals surface area contributed by atoms with E-state index in [4.69, 9.17) is 15.2 Å². The van der Waals surface area contributed by atoms with Crippen molar-refractivity contribution in [2.45, 2.75) is 19.4 Å². The van der Waals surface area contributed by atoms with Crippen molar-refractivity contribution >= 4 is 16.7 Å². The normalized spacial score (nSPS) is 11.9. The summed E-state index contributed by atoms with van der Waals surface area (Å²) in [5.41, 5.74) is 6.77. The van der Waals surface area contributed by atoms with E-state index in [-0.39, 0.29) is 0 Å². The first-order valence-corrected chi connectivity index (χ1v) is 8.05. The SMILES string of the molecule is CCOC(=O)[C@@H](N)Cc1ccc(Oc2nccc3ccncc23)cc1. The number of nitrogens with zero attached hydrogens (tertiary/aromatic N) is 2. The number of fused-ring (bicyclic) bond motifs is 1. The zero-order valence-corrected chi connectivity index (χ0v) is 13.9. The van der Waals surface area contributed by atoms with Crippen LogP contribution in [0.25, 0.3) is 10.8 Å². The molecule has 2 N–H and O–H groups in total. The van der Waals surface area contributed by atoms with Crippen LogP contribution in [-0.4, -0.2) is 28.6 Å². The van der Waals surface area contributed by atoms with E-state index in [2.05, 4.69) is 9.97 Å². The fourth-order valence-corrected chi connectivity index (χ4v) is 2.46. The number of benzene rings is 1. The van der Waals surface area contributed by atoms with Gasteiger partial charge in [0.25, 0.3) is 0 Å². The lowest BCUT2D eigenvalue weighted by molar-refractivity contribution is -0.144. The molecule has 6 nitrogen and oxygen atoms in total. The maximum Gasteiger partial charge on any atom is 0.323 e. The highest BCUT2D eigenvalue weighted by atomic mass is 16.5. The molecular weight excluding hydrogens is 318 g/mol. The van der Waals surface area contributed by atoms with E-state index in [0.717, 1.165) is 16.3 Å². The Balaban J connectivity index is 1.71. The molecule has 0 aliphatic heterocycles. The lowest BCUT2D eigenvalue weighted by Gasteiger charge is -2.11. The minimum absolute atomic E-state index is 0.326. The molecule has 25 heavy (non-hydrogen) atoms. The number of rotatable bonds is 6. The topological polar surface area (TPSA) is 87.3 Å². The molecule has 2 aromatic heterocycles. The molecule has 0 amide bonds. The Labute approximate surface area is 145 Å². The Hall–Kier alpha value is -2.99. The van der Waals surface area contributed by atoms with Crippen LogP contribution >= 0.6 is 0 Å². The molecular formula is C19H19N3O3. The van der Waals surface area contributed by atoms with Crippen LogP contribution in [0.2, 0.25) is 0 Å². The minimum atomic E-state index is -0.669. The largest absolute Gasteiger partial charge is 0.465 e. The van der Waals surface area contributed by atoms with E-state index in [9.17, 15) is 4.79 Å². The monoisotopic (exact) mass is 337 g/mol. The number of hydrogen-bond donors (Lipinski definition) is 1. The molecule has 0 radical (unpaired) electrons. The molecule has 0 aliphatic rings. The van der Waals surface area contributed by atoms with Gasteiger partial charge in [0.2, 0.25) is 5.88 Å². The molecule has 0 saturated carbocycles. The van der Waals surface area contributed by atoms with Crippen molar-refractivity contribution in [3.63, 3.8) is 0 Å². The van der Waals surface area contributed by atoms with Crippen LogP contribution in [0, 0.1) is 0 Å². The molecule has 1 aromatic carbocycles. The maximum atomic E-state index is 11.6. The molecule has 0 unspecified atom stereocenters. The van der Waals surface area contributed by atoms with Gasteiger partial charge in [0, 0.05) is 18.6 Å². The quantitative estimate of drug-likeness (QED) is 0.696. The molecule has 0 aliphatic carbocycles. The smallest absolute Gasteiger partial charge is 0.323 e. The van der Waals surface area contributed by atoms with Crippen molar-refractivity contribution in [2.75, 3.05) is 6.61 Å². The zero-order chi connectivity index (χ0) is 17.6. The molecule has 1 atom stereocenters. The summed E-state index contributed by atoms with van der Waals surface area (Å²) >= 11 is 0. The van der Waals surface area contributed by atoms with Crippen molar-refractivity contribution in [3.05, 3.63) is 60.6 Å². The summed E-state index contributed by atoms with van der Waals surface area (Å²) < 4.78 is 10.8. The van der Waals surface area contributed by atoms with Crippen LogP contribution in [0.3, 0.4) is 0 Å². The first kappa shape index (κ1) is 16.9. The number of nitrogens with two attached hydrogens (primary N) is 1. The van der Waals surface area contributed by atoms with Gasteiger partial charge in [0.05, 0.1) is 12.0 Å². The van der Waals surface area contributed by atoms with Crippen molar-refractivity contribution < 1.29 is 14.3 Å². The molecule has 0 saturated heterocycles. The Morgan fingerprint density at radius 2 is 1.92 bits per heavy atom. The number of ether oxygens (including phenoxy) is 2. The third kappa shape index (κ3) is 4.10. The van der Waals surface area contributed by atoms with Gasteiger partial charge in [-0.25, -0.2) is 4.98 Å². The highest BCUT2D eigenvalue weighted by Gasteiger charge is 2.15. The molecule has 2 heterocycles. The summed E-state index contributed by atoms with van der Waals surface area (Å²) in [5.74, 6) is 0.758. The fraction of sp³-hybridized carbons (Fsp3) is 0.211. The number of aromatic nitrogens is 2. The third-order valence-electron chi connectivity index (χ3n) is 3.71. The van der Waals surface area contributed by atoms with Gasteiger partial charge in [-0.2, -0.15) is 0 Å². The average molecular weight is 337 g/mol. The van der Waals surface area contributed by atoms with E-state index in [1.165, 1.54) is 0 Å². The van der Waals surface area contributed by atoms with Crippen LogP contribution in [-0.2, 0) is 16.0 Å². The van der Waals surface area contributed by atoms with Gasteiger partial charge in [0.1, 0.15) is 11.8 Å². The number of carbonyl (C=O) groups excluding carboxylic acids is 1.